The van der Waals surface area contributed by atoms with Crippen LogP contribution in [-0.4, -0.2) is 62.8 Å². The van der Waals surface area contributed by atoms with Crippen LogP contribution in [0.1, 0.15) is 48.8 Å². The zero-order valence-corrected chi connectivity index (χ0v) is 20.7. The first-order valence-corrected chi connectivity index (χ1v) is 12.9. The lowest BCUT2D eigenvalue weighted by atomic mass is 9.48. The molecule has 9 nitrogen and oxygen atoms in total. The Morgan fingerprint density at radius 3 is 2.95 bits per heavy atom. The highest BCUT2D eigenvalue weighted by molar-refractivity contribution is 5.84. The van der Waals surface area contributed by atoms with Gasteiger partial charge in [-0.2, -0.15) is 0 Å². The van der Waals surface area contributed by atoms with Crippen LogP contribution in [-0.2, 0) is 16.6 Å². The first-order valence-electron chi connectivity index (χ1n) is 12.9. The van der Waals surface area contributed by atoms with Crippen molar-refractivity contribution in [2.75, 3.05) is 13.1 Å². The molecule has 1 saturated carbocycles. The van der Waals surface area contributed by atoms with Gasteiger partial charge >= 0.3 is 0 Å². The van der Waals surface area contributed by atoms with Crippen molar-refractivity contribution in [1.29, 1.82) is 0 Å². The minimum absolute atomic E-state index is 0.0480. The van der Waals surface area contributed by atoms with Gasteiger partial charge in [-0.05, 0) is 56.3 Å². The molecule has 3 N–H and O–H groups in total. The molecule has 2 aliphatic heterocycles. The predicted octanol–water partition coefficient (Wildman–Crippen LogP) is 2.93. The molecule has 2 bridgehead atoms. The van der Waals surface area contributed by atoms with Gasteiger partial charge in [-0.15, -0.1) is 6.58 Å². The molecule has 37 heavy (non-hydrogen) atoms. The fraction of sp³-hybridized carbons (Fsp3) is 0.464. The topological polar surface area (TPSA) is 125 Å². The van der Waals surface area contributed by atoms with Gasteiger partial charge in [0.25, 0.3) is 5.69 Å². The molecule has 2 heterocycles. The number of nitrogens with zero attached hydrogens (tertiary/aromatic N) is 2. The maximum atomic E-state index is 13.4. The molecule has 1 saturated heterocycles. The van der Waals surface area contributed by atoms with E-state index in [1.807, 2.05) is 12.1 Å². The van der Waals surface area contributed by atoms with Crippen molar-refractivity contribution in [3.63, 3.8) is 0 Å². The minimum Gasteiger partial charge on any atom is -0.504 e. The molecule has 1 amide bonds. The Balaban J connectivity index is 1.35. The molecule has 9 heteroatoms. The number of nitro benzene ring substituents is 1. The quantitative estimate of drug-likeness (QED) is 0.313. The van der Waals surface area contributed by atoms with Crippen LogP contribution in [0.2, 0.25) is 0 Å². The molecule has 2 aromatic carbocycles. The summed E-state index contributed by atoms with van der Waals surface area (Å²) in [5, 5.41) is 37.5. The Kier molecular flexibility index (Phi) is 5.36. The molecular weight excluding hydrogens is 474 g/mol. The third-order valence-electron chi connectivity index (χ3n) is 9.24. The van der Waals surface area contributed by atoms with E-state index in [0.29, 0.717) is 43.5 Å². The standard InChI is InChI=1S/C28H31N3O6/c1-3-12-30-13-11-27-23-18-7-8-21(32)24(23)37-25(27)20(9-10-28(27,34)22(30)15-18)29-26(33)16(2)17-5-4-6-19(14-17)31(35)36/h3-8,14,16,20,22,25,32,34H,1,9-13,15H2,2H3,(H,29,33)/t16?,20?,22-,25?,27+,28-/m1/s1. The number of phenolic OH excluding ortho intramolecular Hbond substituents is 1. The molecule has 2 aromatic rings. The lowest BCUT2D eigenvalue weighted by Crippen LogP contribution is -2.78. The van der Waals surface area contributed by atoms with Crippen LogP contribution in [0.5, 0.6) is 11.5 Å². The summed E-state index contributed by atoms with van der Waals surface area (Å²) in [6.45, 7) is 7.05. The van der Waals surface area contributed by atoms with E-state index in [4.69, 9.17) is 4.74 Å². The first-order chi connectivity index (χ1) is 17.7. The first kappa shape index (κ1) is 23.9. The zero-order valence-electron chi connectivity index (χ0n) is 20.7. The number of aliphatic hydroxyl groups is 1. The lowest BCUT2D eigenvalue weighted by molar-refractivity contribution is -0.384. The number of benzene rings is 2. The molecule has 4 aliphatic rings. The molecule has 3 unspecified atom stereocenters. The molecule has 2 fully saturated rings. The fourth-order valence-corrected chi connectivity index (χ4v) is 7.53. The highest BCUT2D eigenvalue weighted by Crippen LogP contribution is 2.65. The molecule has 6 rings (SSSR count). The van der Waals surface area contributed by atoms with Crippen molar-refractivity contribution in [2.24, 2.45) is 0 Å². The van der Waals surface area contributed by atoms with Gasteiger partial charge < -0.3 is 20.3 Å². The summed E-state index contributed by atoms with van der Waals surface area (Å²) >= 11 is 0. The summed E-state index contributed by atoms with van der Waals surface area (Å²) in [5.74, 6) is -0.399. The van der Waals surface area contributed by atoms with Crippen molar-refractivity contribution in [2.45, 2.75) is 67.7 Å². The van der Waals surface area contributed by atoms with Crippen LogP contribution >= 0.6 is 0 Å². The largest absolute Gasteiger partial charge is 0.504 e. The van der Waals surface area contributed by atoms with E-state index in [1.54, 1.807) is 25.1 Å². The molecule has 194 valence electrons. The van der Waals surface area contributed by atoms with Gasteiger partial charge in [-0.25, -0.2) is 0 Å². The Morgan fingerprint density at radius 2 is 2.19 bits per heavy atom. The second-order valence-electron chi connectivity index (χ2n) is 10.9. The van der Waals surface area contributed by atoms with Gasteiger partial charge in [0.05, 0.1) is 27.9 Å². The van der Waals surface area contributed by atoms with Crippen molar-refractivity contribution in [1.82, 2.24) is 10.2 Å². The number of aromatic hydroxyl groups is 1. The SMILES string of the molecule is C=CCN1CC[C@]23c4c5ccc(O)c4OC2C(NC(=O)C(C)c2cccc([N+](=O)[O-])c2)CC[C@@]3(O)[C@H]1C5. The Bertz CT molecular complexity index is 1310. The normalized spacial score (nSPS) is 32.1. The smallest absolute Gasteiger partial charge is 0.269 e. The Labute approximate surface area is 214 Å². The van der Waals surface area contributed by atoms with Gasteiger partial charge in [0.1, 0.15) is 6.10 Å². The number of hydrogen-bond donors (Lipinski definition) is 3. The van der Waals surface area contributed by atoms with Gasteiger partial charge in [-0.1, -0.05) is 24.3 Å². The number of likely N-dealkylation sites (tertiary alicyclic amines) is 1. The van der Waals surface area contributed by atoms with E-state index in [2.05, 4.69) is 16.8 Å². The number of carbonyl (C=O) groups excluding carboxylic acids is 1. The summed E-state index contributed by atoms with van der Waals surface area (Å²) < 4.78 is 6.47. The average Bonchev–Trinajstić information content (AvgIpc) is 3.24. The highest BCUT2D eigenvalue weighted by atomic mass is 16.6. The van der Waals surface area contributed by atoms with Crippen molar-refractivity contribution in [3.8, 4) is 11.5 Å². The maximum Gasteiger partial charge on any atom is 0.269 e. The number of piperidine rings is 1. The molecule has 1 spiro atoms. The van der Waals surface area contributed by atoms with Crippen LogP contribution in [0.3, 0.4) is 0 Å². The number of rotatable bonds is 6. The van der Waals surface area contributed by atoms with Gasteiger partial charge in [0.15, 0.2) is 11.5 Å². The fourth-order valence-electron chi connectivity index (χ4n) is 7.53. The van der Waals surface area contributed by atoms with Crippen molar-refractivity contribution < 1.29 is 24.7 Å². The molecule has 0 aromatic heterocycles. The predicted molar refractivity (Wildman–Crippen MR) is 136 cm³/mol. The van der Waals surface area contributed by atoms with Gasteiger partial charge in [-0.3, -0.25) is 19.8 Å². The lowest BCUT2D eigenvalue weighted by Gasteiger charge is -2.64. The third-order valence-corrected chi connectivity index (χ3v) is 9.24. The van der Waals surface area contributed by atoms with E-state index in [9.17, 15) is 25.1 Å². The molecule has 6 atom stereocenters. The van der Waals surface area contributed by atoms with E-state index >= 15 is 0 Å². The number of ether oxygens (including phenoxy) is 1. The maximum absolute atomic E-state index is 13.4. The highest BCUT2D eigenvalue weighted by Gasteiger charge is 2.73. The molecule has 2 aliphatic carbocycles. The number of nitro groups is 1. The van der Waals surface area contributed by atoms with Crippen LogP contribution < -0.4 is 10.1 Å². The number of phenols is 1. The van der Waals surface area contributed by atoms with Crippen LogP contribution in [0.25, 0.3) is 0 Å². The summed E-state index contributed by atoms with van der Waals surface area (Å²) in [6.07, 6.45) is 3.61. The summed E-state index contributed by atoms with van der Waals surface area (Å²) in [7, 11) is 0. The van der Waals surface area contributed by atoms with Crippen molar-refractivity contribution in [3.05, 3.63) is 75.9 Å². The summed E-state index contributed by atoms with van der Waals surface area (Å²) in [5.41, 5.74) is 0.634. The van der Waals surface area contributed by atoms with E-state index < -0.39 is 34.0 Å². The molecule has 0 radical (unpaired) electrons. The van der Waals surface area contributed by atoms with E-state index in [-0.39, 0.29) is 23.4 Å². The summed E-state index contributed by atoms with van der Waals surface area (Å²) in [6, 6.07) is 9.19. The monoisotopic (exact) mass is 505 g/mol. The molecular formula is C28H31N3O6. The van der Waals surface area contributed by atoms with Crippen LogP contribution in [0.15, 0.2) is 49.1 Å². The average molecular weight is 506 g/mol. The van der Waals surface area contributed by atoms with Crippen LogP contribution in [0.4, 0.5) is 5.69 Å². The van der Waals surface area contributed by atoms with Crippen molar-refractivity contribution >= 4 is 11.6 Å². The Morgan fingerprint density at radius 1 is 1.38 bits per heavy atom. The number of non-ortho nitro benzene ring substituents is 1. The van der Waals surface area contributed by atoms with Gasteiger partial charge in [0, 0.05) is 30.3 Å². The summed E-state index contributed by atoms with van der Waals surface area (Å²) in [4.78, 5) is 26.4. The van der Waals surface area contributed by atoms with Gasteiger partial charge in [0.2, 0.25) is 5.91 Å². The number of amides is 1. The van der Waals surface area contributed by atoms with E-state index in [1.165, 1.54) is 12.1 Å². The second kappa shape index (κ2) is 8.29. The minimum atomic E-state index is -1.07. The zero-order chi connectivity index (χ0) is 26.1. The van der Waals surface area contributed by atoms with E-state index in [0.717, 1.165) is 17.7 Å². The Hall–Kier alpha value is -3.43. The second-order valence-corrected chi connectivity index (χ2v) is 10.9. The number of nitrogens with one attached hydrogen (secondary N) is 1. The number of carbonyl (C=O) groups is 1. The van der Waals surface area contributed by atoms with Crippen LogP contribution in [0, 0.1) is 10.1 Å². The number of hydrogen-bond acceptors (Lipinski definition) is 7. The third kappa shape index (κ3) is 3.20.